The average Bonchev–Trinajstić information content (AvgIpc) is 2.63. The SMILES string of the molecule is CCNC(CSc1cc(C)nn1C)C(=O)OCC. The minimum Gasteiger partial charge on any atom is -0.465 e. The minimum absolute atomic E-state index is 0.189. The number of rotatable bonds is 7. The fourth-order valence-corrected chi connectivity index (χ4v) is 2.66. The Morgan fingerprint density at radius 1 is 1.61 bits per heavy atom. The third kappa shape index (κ3) is 4.34. The molecule has 1 N–H and O–H groups in total. The highest BCUT2D eigenvalue weighted by molar-refractivity contribution is 7.99. The number of thioether (sulfide) groups is 1. The number of carbonyl (C=O) groups is 1. The van der Waals surface area contributed by atoms with Crippen molar-refractivity contribution in [1.82, 2.24) is 15.1 Å². The van der Waals surface area contributed by atoms with Crippen molar-refractivity contribution < 1.29 is 9.53 Å². The second-order valence-corrected chi connectivity index (χ2v) is 4.96. The van der Waals surface area contributed by atoms with Crippen LogP contribution in [0, 0.1) is 6.92 Å². The summed E-state index contributed by atoms with van der Waals surface area (Å²) in [5, 5.41) is 8.47. The summed E-state index contributed by atoms with van der Waals surface area (Å²) in [7, 11) is 1.90. The van der Waals surface area contributed by atoms with Crippen LogP contribution in [0.1, 0.15) is 19.5 Å². The Bertz CT molecular complexity index is 393. The van der Waals surface area contributed by atoms with Gasteiger partial charge in [0.25, 0.3) is 0 Å². The van der Waals surface area contributed by atoms with Gasteiger partial charge >= 0.3 is 5.97 Å². The average molecular weight is 271 g/mol. The van der Waals surface area contributed by atoms with Crippen LogP contribution in [-0.2, 0) is 16.6 Å². The molecule has 0 saturated heterocycles. The van der Waals surface area contributed by atoms with Gasteiger partial charge in [-0.3, -0.25) is 9.48 Å². The first-order valence-corrected chi connectivity index (χ1v) is 7.10. The molecule has 1 rings (SSSR count). The fourth-order valence-electron chi connectivity index (χ4n) is 1.59. The van der Waals surface area contributed by atoms with Crippen LogP contribution in [0.4, 0.5) is 0 Å². The minimum atomic E-state index is -0.268. The lowest BCUT2D eigenvalue weighted by molar-refractivity contribution is -0.144. The van der Waals surface area contributed by atoms with E-state index in [4.69, 9.17) is 4.74 Å². The second kappa shape index (κ2) is 7.43. The Balaban J connectivity index is 2.56. The number of nitrogens with zero attached hydrogens (tertiary/aromatic N) is 2. The number of ether oxygens (including phenoxy) is 1. The van der Waals surface area contributed by atoms with Crippen molar-refractivity contribution in [2.24, 2.45) is 7.05 Å². The maximum absolute atomic E-state index is 11.7. The van der Waals surface area contributed by atoms with Crippen molar-refractivity contribution in [2.45, 2.75) is 31.8 Å². The van der Waals surface area contributed by atoms with E-state index in [1.54, 1.807) is 11.8 Å². The summed E-state index contributed by atoms with van der Waals surface area (Å²) in [5.74, 6) is 0.455. The number of aryl methyl sites for hydroxylation is 2. The lowest BCUT2D eigenvalue weighted by Crippen LogP contribution is -2.40. The number of nitrogens with one attached hydrogen (secondary N) is 1. The Morgan fingerprint density at radius 3 is 2.83 bits per heavy atom. The van der Waals surface area contributed by atoms with Gasteiger partial charge in [0.05, 0.1) is 17.3 Å². The molecule has 0 spiro atoms. The molecule has 1 aromatic rings. The van der Waals surface area contributed by atoms with Crippen molar-refractivity contribution in [2.75, 3.05) is 18.9 Å². The summed E-state index contributed by atoms with van der Waals surface area (Å²) in [6.45, 7) is 6.91. The first-order chi connectivity index (χ1) is 8.58. The molecule has 6 heteroatoms. The third-order valence-corrected chi connectivity index (χ3v) is 3.56. The number of hydrogen-bond acceptors (Lipinski definition) is 5. The predicted molar refractivity (Wildman–Crippen MR) is 72.8 cm³/mol. The first-order valence-electron chi connectivity index (χ1n) is 6.11. The highest BCUT2D eigenvalue weighted by atomic mass is 32.2. The molecule has 5 nitrogen and oxygen atoms in total. The van der Waals surface area contributed by atoms with E-state index >= 15 is 0 Å². The molecule has 0 amide bonds. The summed E-state index contributed by atoms with van der Waals surface area (Å²) in [4.78, 5) is 11.7. The van der Waals surface area contributed by atoms with Gasteiger partial charge in [-0.1, -0.05) is 6.92 Å². The fraction of sp³-hybridized carbons (Fsp3) is 0.667. The highest BCUT2D eigenvalue weighted by Gasteiger charge is 2.19. The Hall–Kier alpha value is -1.01. The highest BCUT2D eigenvalue weighted by Crippen LogP contribution is 2.19. The maximum atomic E-state index is 11.7. The zero-order chi connectivity index (χ0) is 13.5. The lowest BCUT2D eigenvalue weighted by Gasteiger charge is -2.15. The van der Waals surface area contributed by atoms with E-state index in [2.05, 4.69) is 10.4 Å². The molecular weight excluding hydrogens is 250 g/mol. The van der Waals surface area contributed by atoms with E-state index in [0.717, 1.165) is 17.3 Å². The molecule has 1 atom stereocenters. The normalized spacial score (nSPS) is 12.4. The zero-order valence-corrected chi connectivity index (χ0v) is 12.2. The smallest absolute Gasteiger partial charge is 0.323 e. The van der Waals surface area contributed by atoms with Gasteiger partial charge < -0.3 is 10.1 Å². The van der Waals surface area contributed by atoms with Crippen molar-refractivity contribution in [3.63, 3.8) is 0 Å². The van der Waals surface area contributed by atoms with Gasteiger partial charge in [0.1, 0.15) is 6.04 Å². The molecule has 0 aliphatic rings. The molecule has 0 aliphatic carbocycles. The second-order valence-electron chi connectivity index (χ2n) is 3.92. The lowest BCUT2D eigenvalue weighted by atomic mass is 10.3. The van der Waals surface area contributed by atoms with Crippen molar-refractivity contribution in [3.8, 4) is 0 Å². The van der Waals surface area contributed by atoms with Crippen LogP contribution in [0.25, 0.3) is 0 Å². The van der Waals surface area contributed by atoms with Gasteiger partial charge in [-0.2, -0.15) is 5.10 Å². The molecule has 0 saturated carbocycles. The van der Waals surface area contributed by atoms with Crippen molar-refractivity contribution >= 4 is 17.7 Å². The van der Waals surface area contributed by atoms with E-state index < -0.39 is 0 Å². The Labute approximate surface area is 112 Å². The summed E-state index contributed by atoms with van der Waals surface area (Å²) < 4.78 is 6.87. The molecule has 1 aromatic heterocycles. The standard InChI is InChI=1S/C12H21N3O2S/c1-5-13-10(12(16)17-6-2)8-18-11-7-9(3)14-15(11)4/h7,10,13H,5-6,8H2,1-4H3. The van der Waals surface area contributed by atoms with Gasteiger partial charge in [0.15, 0.2) is 0 Å². The first kappa shape index (κ1) is 15.0. The van der Waals surface area contributed by atoms with Crippen molar-refractivity contribution in [3.05, 3.63) is 11.8 Å². The monoisotopic (exact) mass is 271 g/mol. The third-order valence-electron chi connectivity index (χ3n) is 2.38. The largest absolute Gasteiger partial charge is 0.465 e. The number of esters is 1. The molecule has 1 heterocycles. The zero-order valence-electron chi connectivity index (χ0n) is 11.4. The van der Waals surface area contributed by atoms with Crippen LogP contribution in [0.2, 0.25) is 0 Å². The molecule has 0 radical (unpaired) electrons. The van der Waals surface area contributed by atoms with Crippen LogP contribution in [0.3, 0.4) is 0 Å². The number of carbonyl (C=O) groups excluding carboxylic acids is 1. The van der Waals surface area contributed by atoms with Crippen molar-refractivity contribution in [1.29, 1.82) is 0 Å². The van der Waals surface area contributed by atoms with Gasteiger partial charge in [-0.05, 0) is 26.5 Å². The van der Waals surface area contributed by atoms with Crippen LogP contribution < -0.4 is 5.32 Å². The molecule has 1 unspecified atom stereocenters. The predicted octanol–water partition coefficient (Wildman–Crippen LogP) is 1.36. The van der Waals surface area contributed by atoms with Gasteiger partial charge in [0, 0.05) is 12.8 Å². The van der Waals surface area contributed by atoms with Gasteiger partial charge in [0.2, 0.25) is 0 Å². The molecular formula is C12H21N3O2S. The summed E-state index contributed by atoms with van der Waals surface area (Å²) >= 11 is 1.61. The van der Waals surface area contributed by atoms with E-state index in [1.165, 1.54) is 0 Å². The topological polar surface area (TPSA) is 56.2 Å². The Morgan fingerprint density at radius 2 is 2.33 bits per heavy atom. The van der Waals surface area contributed by atoms with Crippen LogP contribution in [0.15, 0.2) is 11.1 Å². The summed E-state index contributed by atoms with van der Waals surface area (Å²) in [6.07, 6.45) is 0. The molecule has 0 bridgehead atoms. The summed E-state index contributed by atoms with van der Waals surface area (Å²) in [5.41, 5.74) is 0.983. The quantitative estimate of drug-likeness (QED) is 0.599. The van der Waals surface area contributed by atoms with Crippen LogP contribution >= 0.6 is 11.8 Å². The van der Waals surface area contributed by atoms with Crippen LogP contribution in [0.5, 0.6) is 0 Å². The van der Waals surface area contributed by atoms with E-state index in [-0.39, 0.29) is 12.0 Å². The van der Waals surface area contributed by atoms with Gasteiger partial charge in [-0.15, -0.1) is 11.8 Å². The maximum Gasteiger partial charge on any atom is 0.323 e. The number of likely N-dealkylation sites (N-methyl/N-ethyl adjacent to an activating group) is 1. The summed E-state index contributed by atoms with van der Waals surface area (Å²) in [6, 6.07) is 1.74. The number of hydrogen-bond donors (Lipinski definition) is 1. The van der Waals surface area contributed by atoms with E-state index in [1.807, 2.05) is 38.6 Å². The molecule has 0 aromatic carbocycles. The molecule has 102 valence electrons. The Kier molecular flexibility index (Phi) is 6.21. The molecule has 0 aliphatic heterocycles. The van der Waals surface area contributed by atoms with Crippen LogP contribution in [-0.4, -0.2) is 40.7 Å². The molecule has 18 heavy (non-hydrogen) atoms. The molecule has 0 fully saturated rings. The van der Waals surface area contributed by atoms with E-state index in [9.17, 15) is 4.79 Å². The number of aromatic nitrogens is 2. The van der Waals surface area contributed by atoms with Gasteiger partial charge in [-0.25, -0.2) is 0 Å². The van der Waals surface area contributed by atoms with E-state index in [0.29, 0.717) is 12.4 Å².